The standard InChI is InChI=1S/C89H104Cl3N11O33P2/c1-36(2)22-52(95-7)79(115)102-69-71(110)43-15-20-56(50(91)24-43)131-58-26-45-27-59(75(58)136-86-76(73(112)72(111)60(34-104)133-86)135-64-32-89(6,78(114)38(4)130-64)96-33-39-8-10-40(11-9-39)41-12-17-46(90)18-13-41)132-57-21-16-44(25-51(57)92)74(134-63-31-88(5,94)77(113)37(3)129-63)70-84(120)101-68(85(121)128-35-62(109)98-87(137(122,123)124)138(125,126)127)49-28-47(105)29-55(107)65(49)48-23-42(14-19-54(48)106)66(81(117)103-70)100-82(118)67(45)99-80(116)53(30-61(93)108)97-83(69)119/h8-21,23-29,36-38,52-53,60,63-64,66-74,76-78,86-87,95-96,104-107,110-114H,22,30-35,94H2,1-7H3,(H2,93,108)(H,97,119)(H,98,109)(H,99,116)(H,100,118)(H,101,120)(H,102,115)(H,103,117)(H2,122,123,124)(H2,125,126,127)/t37-,38-,52+,53-,60+,63-,64-,66+,67+,68-,69+,70-,71+,72+,73-,74+,76+,77-,78-,86?,88-,89-/m0/s1. The second kappa shape index (κ2) is 42.7. The highest BCUT2D eigenvalue weighted by Gasteiger charge is 2.54. The number of aromatic hydroxyl groups is 3. The number of hydrogen-bond acceptors (Lipinski definition) is 32. The molecule has 3 fully saturated rings. The highest BCUT2D eigenvalue weighted by Crippen LogP contribution is 2.59. The first-order valence-corrected chi connectivity index (χ1v) is 47.6. The number of likely N-dealkylation sites (N-methyl/N-ethyl adjacent to an activating group) is 1. The lowest BCUT2D eigenvalue weighted by Crippen LogP contribution is -2.65. The molecule has 11 bridgehead atoms. The van der Waals surface area contributed by atoms with Crippen molar-refractivity contribution in [2.45, 2.75) is 213 Å². The van der Waals surface area contributed by atoms with E-state index < -0.39 is 317 Å². The summed E-state index contributed by atoms with van der Waals surface area (Å²) in [5.74, 6) is -19.5. The number of carbonyl (C=O) groups excluding carboxylic acids is 9. The Kier molecular flexibility index (Phi) is 32.3. The van der Waals surface area contributed by atoms with Crippen molar-refractivity contribution in [3.05, 3.63) is 176 Å². The van der Waals surface area contributed by atoms with Gasteiger partial charge in [0.25, 0.3) is 5.91 Å². The average Bonchev–Trinajstić information content (AvgIpc) is 0.760. The molecule has 44 nitrogen and oxygen atoms in total. The van der Waals surface area contributed by atoms with Crippen LogP contribution in [0, 0.1) is 5.92 Å². The maximum Gasteiger partial charge on any atom is 0.360 e. The largest absolute Gasteiger partial charge is 0.508 e. The number of phenols is 3. The lowest BCUT2D eigenvalue weighted by Gasteiger charge is -2.48. The van der Waals surface area contributed by atoms with E-state index in [1.807, 2.05) is 36.4 Å². The number of nitrogens with one attached hydrogen (secondary N) is 9. The summed E-state index contributed by atoms with van der Waals surface area (Å²) in [6.45, 7) is 7.01. The van der Waals surface area contributed by atoms with Crippen LogP contribution in [0.25, 0.3) is 22.3 Å². The number of hydrogen-bond donors (Lipinski definition) is 24. The van der Waals surface area contributed by atoms with Gasteiger partial charge in [0.15, 0.2) is 42.8 Å². The first-order chi connectivity index (χ1) is 64.9. The number of fused-ring (bicyclic) bond motifs is 15. The molecule has 0 aromatic heterocycles. The molecule has 49 heteroatoms. The predicted molar refractivity (Wildman–Crippen MR) is 485 cm³/mol. The van der Waals surface area contributed by atoms with E-state index in [1.165, 1.54) is 45.3 Å². The van der Waals surface area contributed by atoms with Crippen molar-refractivity contribution in [2.75, 3.05) is 20.3 Å². The van der Waals surface area contributed by atoms with Crippen molar-refractivity contribution in [3.63, 3.8) is 0 Å². The molecule has 8 amide bonds. The minimum atomic E-state index is -5.94. The number of primary amides is 1. The Morgan fingerprint density at radius 3 is 1.80 bits per heavy atom. The maximum absolute atomic E-state index is 16.7. The van der Waals surface area contributed by atoms with Crippen LogP contribution in [-0.4, -0.2) is 247 Å². The minimum absolute atomic E-state index is 0.153. The first kappa shape index (κ1) is 105. The third-order valence-electron chi connectivity index (χ3n) is 24.2. The SMILES string of the molecule is CN[C@H](CC(C)C)C(=O)N[C@H]1C(=O)N[C@@H](CC(N)=O)C(=O)N[C@H]2C(=O)N[C@H]3C(=O)N[C@H](C(=O)N[C@H](C(=O)OCC(=O)NC(P(=O)(O)O)P(=O)(O)O)c4cc(O)cc(O)c4-c4cc3ccc4O)[C@H](O[C@H]3C[C@](C)(N)[C@@H](O)[C@H](C)O3)c3ccc(c(Cl)c3)Oc3cc2cc(c3OC2O[C@H](CO)[C@@H](O)[C@H](O)[C@H]2O[C@H]2C[C@](C)(NCc3ccc(-c4ccc(Cl)cc4)cc3)[C@@H](O)[C@H](C)O2)Oc2ccc(cc2Cl)[C@H]1O. The molecule has 3 saturated heterocycles. The van der Waals surface area contributed by atoms with Crippen LogP contribution in [0.5, 0.6) is 46.0 Å². The second-order valence-corrected chi connectivity index (χ2v) is 40.2. The van der Waals surface area contributed by atoms with Gasteiger partial charge in [-0.3, -0.25) is 47.5 Å². The van der Waals surface area contributed by atoms with Gasteiger partial charge in [0, 0.05) is 58.2 Å². The Labute approximate surface area is 801 Å². The molecule has 0 spiro atoms. The second-order valence-electron chi connectivity index (χ2n) is 35.1. The summed E-state index contributed by atoms with van der Waals surface area (Å²) in [6.07, 6.45) is -24.3. The summed E-state index contributed by atoms with van der Waals surface area (Å²) in [5, 5.41) is 129. The number of amides is 8. The third-order valence-corrected chi connectivity index (χ3v) is 28.4. The lowest BCUT2D eigenvalue weighted by molar-refractivity contribution is -0.334. The van der Waals surface area contributed by atoms with Gasteiger partial charge >= 0.3 is 21.2 Å². The van der Waals surface area contributed by atoms with E-state index in [4.69, 9.17) is 88.9 Å². The van der Waals surface area contributed by atoms with Crippen LogP contribution in [0.3, 0.4) is 0 Å². The van der Waals surface area contributed by atoms with Crippen molar-refractivity contribution in [1.29, 1.82) is 0 Å². The zero-order valence-electron chi connectivity index (χ0n) is 74.4. The van der Waals surface area contributed by atoms with E-state index in [1.54, 1.807) is 32.9 Å². The van der Waals surface area contributed by atoms with Gasteiger partial charge in [-0.05, 0) is 153 Å². The fourth-order valence-corrected chi connectivity index (χ4v) is 19.7. The highest BCUT2D eigenvalue weighted by atomic mass is 35.5. The predicted octanol–water partition coefficient (Wildman–Crippen LogP) is 2.71. The van der Waals surface area contributed by atoms with Gasteiger partial charge in [0.1, 0.15) is 89.5 Å². The maximum atomic E-state index is 16.7. The molecule has 7 aromatic carbocycles. The molecule has 26 N–H and O–H groups in total. The number of aliphatic hydroxyl groups is 6. The summed E-state index contributed by atoms with van der Waals surface area (Å²) in [6, 6.07) is 12.3. The number of phenolic OH excluding ortho intramolecular Hbond substituents is 3. The average molecular weight is 2020 g/mol. The van der Waals surface area contributed by atoms with Crippen LogP contribution >= 0.6 is 50.0 Å². The number of benzene rings is 7. The molecule has 8 heterocycles. The van der Waals surface area contributed by atoms with E-state index >= 15 is 28.8 Å². The molecule has 138 heavy (non-hydrogen) atoms. The molecule has 0 saturated carbocycles. The number of esters is 1. The van der Waals surface area contributed by atoms with Gasteiger partial charge < -0.3 is 167 Å². The van der Waals surface area contributed by atoms with Gasteiger partial charge in [-0.1, -0.05) is 103 Å². The van der Waals surface area contributed by atoms with Crippen molar-refractivity contribution in [1.82, 2.24) is 47.9 Å². The quantitative estimate of drug-likeness (QED) is 0.0305. The van der Waals surface area contributed by atoms with Gasteiger partial charge in [0.05, 0.1) is 53.5 Å². The van der Waals surface area contributed by atoms with E-state index in [9.17, 15) is 89.0 Å². The summed E-state index contributed by atoms with van der Waals surface area (Å²) in [4.78, 5) is 176. The van der Waals surface area contributed by atoms with Crippen LogP contribution in [0.4, 0.5) is 0 Å². The van der Waals surface area contributed by atoms with Crippen molar-refractivity contribution in [3.8, 4) is 68.2 Å². The van der Waals surface area contributed by atoms with Crippen LogP contribution < -0.4 is 73.5 Å². The molecule has 8 aliphatic rings. The Morgan fingerprint density at radius 2 is 1.21 bits per heavy atom. The van der Waals surface area contributed by atoms with E-state index in [0.717, 1.165) is 77.4 Å². The Morgan fingerprint density at radius 1 is 0.630 bits per heavy atom. The Hall–Kier alpha value is -10.8. The fraction of sp³-hybridized carbons (Fsp3) is 0.427. The Bertz CT molecular complexity index is 5870. The van der Waals surface area contributed by atoms with Crippen LogP contribution in [-0.2, 0) is 87.2 Å². The molecule has 7 aromatic rings. The number of halogens is 3. The van der Waals surface area contributed by atoms with Crippen LogP contribution in [0.2, 0.25) is 15.1 Å². The summed E-state index contributed by atoms with van der Waals surface area (Å²) >= 11 is 20.9. The number of aliphatic hydroxyl groups excluding tert-OH is 6. The molecule has 0 radical (unpaired) electrons. The molecule has 8 aliphatic heterocycles. The zero-order chi connectivity index (χ0) is 101. The van der Waals surface area contributed by atoms with Gasteiger partial charge in [-0.25, -0.2) is 4.79 Å². The molecule has 22 atom stereocenters. The molecule has 1 unspecified atom stereocenters. The van der Waals surface area contributed by atoms with E-state index in [2.05, 4.69) is 42.5 Å². The number of nitrogens with two attached hydrogens (primary N) is 2. The first-order valence-electron chi connectivity index (χ1n) is 43.1. The van der Waals surface area contributed by atoms with E-state index in [0.29, 0.717) is 11.1 Å². The molecular formula is C89H104Cl3N11O33P2. The third kappa shape index (κ3) is 23.7. The van der Waals surface area contributed by atoms with Gasteiger partial charge in [-0.2, -0.15) is 0 Å². The number of ether oxygens (including phenoxy) is 9. The normalized spacial score (nSPS) is 28.3. The fourth-order valence-electron chi connectivity index (χ4n) is 16.9. The van der Waals surface area contributed by atoms with Crippen molar-refractivity contribution >= 4 is 103 Å². The smallest absolute Gasteiger partial charge is 0.360 e. The number of carbonyl (C=O) groups is 9. The van der Waals surface area contributed by atoms with Crippen molar-refractivity contribution < 1.29 is 160 Å². The Balaban J connectivity index is 1.02. The molecule has 15 rings (SSSR count). The van der Waals surface area contributed by atoms with Crippen LogP contribution in [0.15, 0.2) is 127 Å². The molecule has 0 aliphatic carbocycles. The van der Waals surface area contributed by atoms with Crippen molar-refractivity contribution in [2.24, 2.45) is 17.4 Å². The summed E-state index contributed by atoms with van der Waals surface area (Å²) in [7, 11) is -10.4. The van der Waals surface area contributed by atoms with E-state index in [-0.39, 0.29) is 36.4 Å². The molecular weight excluding hydrogens is 1920 g/mol. The lowest BCUT2D eigenvalue weighted by atomic mass is 9.84. The van der Waals surface area contributed by atoms with Crippen LogP contribution in [0.1, 0.15) is 131 Å². The summed E-state index contributed by atoms with van der Waals surface area (Å²) < 4.78 is 82.8. The summed E-state index contributed by atoms with van der Waals surface area (Å²) in [5.41, 5.74) is 5.16. The molecule has 744 valence electrons. The number of rotatable bonds is 24. The minimum Gasteiger partial charge on any atom is -0.508 e. The highest BCUT2D eigenvalue weighted by molar-refractivity contribution is 7.70. The topological polar surface area (TPSA) is 694 Å². The monoisotopic (exact) mass is 2020 g/mol. The zero-order valence-corrected chi connectivity index (χ0v) is 78.5. The van der Waals surface area contributed by atoms with Gasteiger partial charge in [-0.15, -0.1) is 0 Å². The van der Waals surface area contributed by atoms with Gasteiger partial charge in [0.2, 0.25) is 58.9 Å².